The molecule has 0 radical (unpaired) electrons. The molecule has 0 saturated heterocycles. The maximum Gasteiger partial charge on any atom is 0.324 e. The van der Waals surface area contributed by atoms with Crippen LogP contribution in [0.5, 0.6) is 0 Å². The van der Waals surface area contributed by atoms with Gasteiger partial charge in [0.15, 0.2) is 0 Å². The van der Waals surface area contributed by atoms with Crippen LogP contribution in [-0.4, -0.2) is 14.7 Å². The molecule has 6 nitrogen and oxygen atoms in total. The fraction of sp³-hybridized carbons (Fsp3) is 0.0714. The number of nitro groups is 1. The molecule has 1 N–H and O–H groups in total. The van der Waals surface area contributed by atoms with Gasteiger partial charge in [-0.2, -0.15) is 5.10 Å². The molecule has 106 valence electrons. The second-order valence-corrected chi connectivity index (χ2v) is 5.49. The fourth-order valence-electron chi connectivity index (χ4n) is 1.90. The highest BCUT2D eigenvalue weighted by molar-refractivity contribution is 7.15. The molecule has 3 rings (SSSR count). The number of rotatable bonds is 5. The van der Waals surface area contributed by atoms with E-state index >= 15 is 0 Å². The van der Waals surface area contributed by atoms with E-state index in [4.69, 9.17) is 0 Å². The van der Waals surface area contributed by atoms with Crippen molar-refractivity contribution in [3.63, 3.8) is 0 Å². The zero-order valence-corrected chi connectivity index (χ0v) is 11.8. The Morgan fingerprint density at radius 3 is 2.67 bits per heavy atom. The molecular weight excluding hydrogens is 288 g/mol. The van der Waals surface area contributed by atoms with E-state index in [1.54, 1.807) is 16.9 Å². The van der Waals surface area contributed by atoms with Crippen molar-refractivity contribution in [2.45, 2.75) is 6.54 Å². The smallest absolute Gasteiger partial charge is 0.324 e. The summed E-state index contributed by atoms with van der Waals surface area (Å²) < 4.78 is 1.78. The molecule has 2 aromatic heterocycles. The van der Waals surface area contributed by atoms with Gasteiger partial charge < -0.3 is 5.32 Å². The van der Waals surface area contributed by atoms with Gasteiger partial charge in [0.1, 0.15) is 0 Å². The Morgan fingerprint density at radius 1 is 1.24 bits per heavy atom. The quantitative estimate of drug-likeness (QED) is 0.578. The maximum absolute atomic E-state index is 10.6. The van der Waals surface area contributed by atoms with Crippen LogP contribution in [0.2, 0.25) is 0 Å². The van der Waals surface area contributed by atoms with E-state index in [9.17, 15) is 10.1 Å². The number of thiophene rings is 1. The third kappa shape index (κ3) is 3.09. The van der Waals surface area contributed by atoms with Crippen molar-refractivity contribution in [1.29, 1.82) is 0 Å². The summed E-state index contributed by atoms with van der Waals surface area (Å²) in [6.45, 7) is 0.569. The highest BCUT2D eigenvalue weighted by atomic mass is 32.1. The van der Waals surface area contributed by atoms with Crippen molar-refractivity contribution >= 4 is 22.0 Å². The number of nitrogens with zero attached hydrogens (tertiary/aromatic N) is 3. The van der Waals surface area contributed by atoms with Crippen molar-refractivity contribution in [3.8, 4) is 5.69 Å². The van der Waals surface area contributed by atoms with Crippen molar-refractivity contribution in [1.82, 2.24) is 9.78 Å². The summed E-state index contributed by atoms with van der Waals surface area (Å²) in [6, 6.07) is 13.0. The monoisotopic (exact) mass is 300 g/mol. The summed E-state index contributed by atoms with van der Waals surface area (Å²) in [6.07, 6.45) is 3.61. The number of hydrogen-bond acceptors (Lipinski definition) is 5. The van der Waals surface area contributed by atoms with Gasteiger partial charge in [0.25, 0.3) is 0 Å². The predicted molar refractivity (Wildman–Crippen MR) is 81.9 cm³/mol. The van der Waals surface area contributed by atoms with Crippen LogP contribution >= 0.6 is 11.3 Å². The van der Waals surface area contributed by atoms with E-state index in [1.165, 1.54) is 17.4 Å². The van der Waals surface area contributed by atoms with Gasteiger partial charge in [0.2, 0.25) is 0 Å². The largest absolute Gasteiger partial charge is 0.380 e. The average Bonchev–Trinajstić information content (AvgIpc) is 3.17. The van der Waals surface area contributed by atoms with Gasteiger partial charge in [0, 0.05) is 35.6 Å². The Balaban J connectivity index is 1.64. The van der Waals surface area contributed by atoms with Crippen LogP contribution in [0.15, 0.2) is 54.9 Å². The van der Waals surface area contributed by atoms with Gasteiger partial charge in [-0.25, -0.2) is 4.68 Å². The summed E-state index contributed by atoms with van der Waals surface area (Å²) in [5.41, 5.74) is 1.94. The molecule has 7 heteroatoms. The van der Waals surface area contributed by atoms with E-state index in [0.717, 1.165) is 16.3 Å². The van der Waals surface area contributed by atoms with Crippen LogP contribution in [0.3, 0.4) is 0 Å². The molecule has 21 heavy (non-hydrogen) atoms. The Morgan fingerprint density at radius 2 is 2.05 bits per heavy atom. The van der Waals surface area contributed by atoms with Crippen molar-refractivity contribution < 1.29 is 4.92 Å². The molecule has 0 aliphatic carbocycles. The minimum Gasteiger partial charge on any atom is -0.380 e. The van der Waals surface area contributed by atoms with Gasteiger partial charge in [-0.05, 0) is 36.4 Å². The molecular formula is C14H12N4O2S. The third-order valence-corrected chi connectivity index (χ3v) is 3.97. The van der Waals surface area contributed by atoms with E-state index in [0.29, 0.717) is 6.54 Å². The summed E-state index contributed by atoms with van der Waals surface area (Å²) in [4.78, 5) is 11.2. The Hall–Kier alpha value is -2.67. The SMILES string of the molecule is O=[N+]([O-])c1ccc(CNc2ccc(-n3cccn3)cc2)s1. The minimum atomic E-state index is -0.368. The van der Waals surface area contributed by atoms with Gasteiger partial charge >= 0.3 is 5.00 Å². The topological polar surface area (TPSA) is 73.0 Å². The molecule has 0 saturated carbocycles. The zero-order valence-electron chi connectivity index (χ0n) is 11.0. The molecule has 0 aliphatic rings. The van der Waals surface area contributed by atoms with Gasteiger partial charge in [0.05, 0.1) is 10.6 Å². The fourth-order valence-corrected chi connectivity index (χ4v) is 2.66. The lowest BCUT2D eigenvalue weighted by molar-refractivity contribution is -0.380. The van der Waals surface area contributed by atoms with Crippen LogP contribution in [0.1, 0.15) is 4.88 Å². The van der Waals surface area contributed by atoms with Gasteiger partial charge in [-0.15, -0.1) is 0 Å². The lowest BCUT2D eigenvalue weighted by atomic mass is 10.3. The lowest BCUT2D eigenvalue weighted by Crippen LogP contribution is -1.98. The first-order chi connectivity index (χ1) is 10.2. The maximum atomic E-state index is 10.6. The first-order valence-corrected chi connectivity index (χ1v) is 7.11. The molecule has 0 amide bonds. The van der Waals surface area contributed by atoms with E-state index in [2.05, 4.69) is 10.4 Å². The van der Waals surface area contributed by atoms with Crippen LogP contribution in [0, 0.1) is 10.1 Å². The summed E-state index contributed by atoms with van der Waals surface area (Å²) in [5.74, 6) is 0. The first kappa shape index (κ1) is 13.3. The molecule has 0 unspecified atom stereocenters. The molecule has 1 aromatic carbocycles. The molecule has 0 aliphatic heterocycles. The number of benzene rings is 1. The molecule has 0 bridgehead atoms. The Bertz CT molecular complexity index is 735. The Kier molecular flexibility index (Phi) is 3.65. The third-order valence-electron chi connectivity index (χ3n) is 2.93. The van der Waals surface area contributed by atoms with E-state index in [1.807, 2.05) is 36.5 Å². The summed E-state index contributed by atoms with van der Waals surface area (Å²) >= 11 is 1.19. The highest BCUT2D eigenvalue weighted by Gasteiger charge is 2.09. The molecule has 0 fully saturated rings. The molecule has 0 spiro atoms. The second kappa shape index (κ2) is 5.76. The number of nitrogens with one attached hydrogen (secondary N) is 1. The number of anilines is 1. The Labute approximate surface area is 124 Å². The van der Waals surface area contributed by atoms with Crippen LogP contribution in [0.4, 0.5) is 10.7 Å². The standard InChI is InChI=1S/C14H12N4O2S/c19-18(20)14-7-6-13(21-14)10-15-11-2-4-12(5-3-11)17-9-1-8-16-17/h1-9,15H,10H2. The summed E-state index contributed by atoms with van der Waals surface area (Å²) in [5, 5.41) is 18.2. The normalized spacial score (nSPS) is 10.5. The van der Waals surface area contributed by atoms with Crippen LogP contribution < -0.4 is 5.32 Å². The lowest BCUT2D eigenvalue weighted by Gasteiger charge is -2.06. The average molecular weight is 300 g/mol. The van der Waals surface area contributed by atoms with Crippen molar-refractivity contribution in [3.05, 3.63) is 69.8 Å². The number of aromatic nitrogens is 2. The predicted octanol–water partition coefficient (Wildman–Crippen LogP) is 3.45. The minimum absolute atomic E-state index is 0.167. The van der Waals surface area contributed by atoms with E-state index in [-0.39, 0.29) is 9.92 Å². The van der Waals surface area contributed by atoms with Crippen molar-refractivity contribution in [2.24, 2.45) is 0 Å². The van der Waals surface area contributed by atoms with Crippen LogP contribution in [0.25, 0.3) is 5.69 Å². The second-order valence-electron chi connectivity index (χ2n) is 4.35. The van der Waals surface area contributed by atoms with E-state index < -0.39 is 0 Å². The van der Waals surface area contributed by atoms with Gasteiger partial charge in [-0.3, -0.25) is 10.1 Å². The van der Waals surface area contributed by atoms with Crippen molar-refractivity contribution in [2.75, 3.05) is 5.32 Å². The zero-order chi connectivity index (χ0) is 14.7. The van der Waals surface area contributed by atoms with Gasteiger partial charge in [-0.1, -0.05) is 11.3 Å². The molecule has 0 atom stereocenters. The van der Waals surface area contributed by atoms with Crippen LogP contribution in [-0.2, 0) is 6.54 Å². The molecule has 2 heterocycles. The highest BCUT2D eigenvalue weighted by Crippen LogP contribution is 2.24. The summed E-state index contributed by atoms with van der Waals surface area (Å²) in [7, 11) is 0. The number of hydrogen-bond donors (Lipinski definition) is 1. The first-order valence-electron chi connectivity index (χ1n) is 6.29. The molecule has 3 aromatic rings.